The second-order valence-corrected chi connectivity index (χ2v) is 5.20. The van der Waals surface area contributed by atoms with E-state index in [9.17, 15) is 9.59 Å². The molecule has 2 N–H and O–H groups in total. The molecule has 20 heavy (non-hydrogen) atoms. The molecular weight excluding hydrogens is 278 g/mol. The maximum Gasteiger partial charge on any atom is 0.246 e. The molecule has 0 spiro atoms. The number of aliphatic imine (C=N–C) groups is 1. The molecule has 2 amide bonds. The summed E-state index contributed by atoms with van der Waals surface area (Å²) < 4.78 is 0. The van der Waals surface area contributed by atoms with Crippen LogP contribution in [0.5, 0.6) is 0 Å². The van der Waals surface area contributed by atoms with Crippen LogP contribution >= 0.6 is 12.2 Å². The molecule has 110 valence electrons. The van der Waals surface area contributed by atoms with Crippen LogP contribution in [0.25, 0.3) is 0 Å². The van der Waals surface area contributed by atoms with E-state index in [2.05, 4.69) is 20.5 Å². The molecule has 2 rings (SSSR count). The summed E-state index contributed by atoms with van der Waals surface area (Å²) >= 11 is 4.87. The number of hydrogen-bond acceptors (Lipinski definition) is 6. The van der Waals surface area contributed by atoms with Gasteiger partial charge in [0, 0.05) is 46.0 Å². The number of amides is 2. The molecule has 0 aromatic heterocycles. The lowest BCUT2D eigenvalue weighted by Gasteiger charge is -2.28. The van der Waals surface area contributed by atoms with Gasteiger partial charge in [0.2, 0.25) is 11.8 Å². The molecule has 7 nitrogen and oxygen atoms in total. The van der Waals surface area contributed by atoms with Gasteiger partial charge in [-0.15, -0.1) is 0 Å². The molecule has 0 aromatic carbocycles. The Hall–Kier alpha value is -1.38. The lowest BCUT2D eigenvalue weighted by molar-refractivity contribution is -0.137. The Morgan fingerprint density at radius 1 is 1.40 bits per heavy atom. The summed E-state index contributed by atoms with van der Waals surface area (Å²) in [6.45, 7) is 5.44. The van der Waals surface area contributed by atoms with Gasteiger partial charge in [0.1, 0.15) is 0 Å². The summed E-state index contributed by atoms with van der Waals surface area (Å²) in [4.78, 5) is 31.4. The standard InChI is InChI=1S/C12H19N5O2S/c1-16-11(19)9(10(18)15-12(16)20)8-14-4-7-17-5-2-13-3-6-17/h8-9,13H,2-7H2,1H3,(H,15,18,20)/t9-/m1/s1. The Balaban J connectivity index is 1.82. The fourth-order valence-electron chi connectivity index (χ4n) is 2.13. The van der Waals surface area contributed by atoms with Crippen molar-refractivity contribution in [1.29, 1.82) is 0 Å². The highest BCUT2D eigenvalue weighted by Crippen LogP contribution is 2.06. The molecule has 0 saturated carbocycles. The Labute approximate surface area is 123 Å². The SMILES string of the molecule is CN1C(=O)[C@H](C=NCCN2CCNCC2)C(=O)NC1=S. The minimum Gasteiger partial charge on any atom is -0.314 e. The summed E-state index contributed by atoms with van der Waals surface area (Å²) in [7, 11) is 1.55. The maximum absolute atomic E-state index is 11.9. The normalized spacial score (nSPS) is 25.4. The van der Waals surface area contributed by atoms with Crippen molar-refractivity contribution in [3.8, 4) is 0 Å². The van der Waals surface area contributed by atoms with E-state index in [0.29, 0.717) is 6.54 Å². The largest absolute Gasteiger partial charge is 0.314 e. The van der Waals surface area contributed by atoms with Gasteiger partial charge in [0.05, 0.1) is 6.54 Å². The van der Waals surface area contributed by atoms with Crippen LogP contribution in [0.4, 0.5) is 0 Å². The third-order valence-electron chi connectivity index (χ3n) is 3.42. The third-order valence-corrected chi connectivity index (χ3v) is 3.80. The van der Waals surface area contributed by atoms with E-state index in [1.54, 1.807) is 7.05 Å². The number of carbonyl (C=O) groups excluding carboxylic acids is 2. The van der Waals surface area contributed by atoms with E-state index in [1.807, 2.05) is 0 Å². The summed E-state index contributed by atoms with van der Waals surface area (Å²) in [5.41, 5.74) is 0. The Kier molecular flexibility index (Phi) is 5.16. The smallest absolute Gasteiger partial charge is 0.246 e. The Morgan fingerprint density at radius 3 is 2.80 bits per heavy atom. The number of nitrogens with one attached hydrogen (secondary N) is 2. The highest BCUT2D eigenvalue weighted by atomic mass is 32.1. The van der Waals surface area contributed by atoms with E-state index in [1.165, 1.54) is 11.1 Å². The summed E-state index contributed by atoms with van der Waals surface area (Å²) in [5.74, 6) is -1.59. The summed E-state index contributed by atoms with van der Waals surface area (Å²) in [6, 6.07) is 0. The molecule has 8 heteroatoms. The molecule has 1 atom stereocenters. The van der Waals surface area contributed by atoms with Crippen molar-refractivity contribution in [1.82, 2.24) is 20.4 Å². The zero-order valence-corrected chi connectivity index (χ0v) is 12.3. The first kappa shape index (κ1) is 15.0. The molecule has 0 aliphatic carbocycles. The van der Waals surface area contributed by atoms with Crippen molar-refractivity contribution in [2.24, 2.45) is 10.9 Å². The first-order chi connectivity index (χ1) is 9.59. The molecule has 2 fully saturated rings. The van der Waals surface area contributed by atoms with Gasteiger partial charge in [0.25, 0.3) is 0 Å². The van der Waals surface area contributed by atoms with Crippen LogP contribution < -0.4 is 10.6 Å². The van der Waals surface area contributed by atoms with Gasteiger partial charge in [0.15, 0.2) is 11.0 Å². The van der Waals surface area contributed by atoms with Crippen molar-refractivity contribution < 1.29 is 9.59 Å². The second-order valence-electron chi connectivity index (χ2n) is 4.82. The van der Waals surface area contributed by atoms with Crippen LogP contribution in [-0.2, 0) is 9.59 Å². The Bertz CT molecular complexity index is 434. The number of thiocarbonyl (C=S) groups is 1. The molecule has 2 aliphatic rings. The minimum absolute atomic E-state index is 0.144. The molecule has 0 unspecified atom stereocenters. The van der Waals surface area contributed by atoms with Crippen molar-refractivity contribution in [3.63, 3.8) is 0 Å². The van der Waals surface area contributed by atoms with Gasteiger partial charge in [-0.1, -0.05) is 0 Å². The van der Waals surface area contributed by atoms with Crippen LogP contribution in [-0.4, -0.2) is 79.3 Å². The zero-order chi connectivity index (χ0) is 14.5. The maximum atomic E-state index is 11.9. The quantitative estimate of drug-likeness (QED) is 0.373. The van der Waals surface area contributed by atoms with Crippen molar-refractivity contribution in [2.45, 2.75) is 0 Å². The molecule has 0 aromatic rings. The predicted molar refractivity (Wildman–Crippen MR) is 79.7 cm³/mol. The summed E-state index contributed by atoms with van der Waals surface area (Å²) in [5, 5.41) is 5.91. The van der Waals surface area contributed by atoms with Gasteiger partial charge in [-0.2, -0.15) is 0 Å². The minimum atomic E-state index is -0.866. The van der Waals surface area contributed by atoms with Crippen molar-refractivity contribution in [3.05, 3.63) is 0 Å². The van der Waals surface area contributed by atoms with Gasteiger partial charge >= 0.3 is 0 Å². The average molecular weight is 297 g/mol. The number of hydrogen-bond donors (Lipinski definition) is 2. The first-order valence-corrected chi connectivity index (χ1v) is 7.06. The van der Waals surface area contributed by atoms with Crippen molar-refractivity contribution >= 4 is 35.4 Å². The molecule has 2 aliphatic heterocycles. The van der Waals surface area contributed by atoms with Crippen LogP contribution in [0.3, 0.4) is 0 Å². The number of nitrogens with zero attached hydrogens (tertiary/aromatic N) is 3. The van der Waals surface area contributed by atoms with Gasteiger partial charge in [-0.25, -0.2) is 0 Å². The third kappa shape index (κ3) is 3.59. The average Bonchev–Trinajstić information content (AvgIpc) is 2.45. The predicted octanol–water partition coefficient (Wildman–Crippen LogP) is -1.55. The molecule has 2 saturated heterocycles. The van der Waals surface area contributed by atoms with Gasteiger partial charge in [-0.05, 0) is 12.2 Å². The van der Waals surface area contributed by atoms with Crippen LogP contribution in [0.2, 0.25) is 0 Å². The Morgan fingerprint density at radius 2 is 2.10 bits per heavy atom. The second kappa shape index (κ2) is 6.87. The molecule has 0 radical (unpaired) electrons. The van der Waals surface area contributed by atoms with E-state index in [-0.39, 0.29) is 11.0 Å². The molecule has 0 bridgehead atoms. The van der Waals surface area contributed by atoms with Crippen LogP contribution in [0.1, 0.15) is 0 Å². The number of carbonyl (C=O) groups is 2. The highest BCUT2D eigenvalue weighted by Gasteiger charge is 2.35. The van der Waals surface area contributed by atoms with E-state index in [4.69, 9.17) is 12.2 Å². The zero-order valence-electron chi connectivity index (χ0n) is 11.5. The highest BCUT2D eigenvalue weighted by molar-refractivity contribution is 7.80. The van der Waals surface area contributed by atoms with E-state index < -0.39 is 11.8 Å². The number of rotatable bonds is 4. The van der Waals surface area contributed by atoms with Crippen LogP contribution in [0, 0.1) is 5.92 Å². The number of piperazine rings is 1. The lowest BCUT2D eigenvalue weighted by atomic mass is 10.1. The van der Waals surface area contributed by atoms with E-state index >= 15 is 0 Å². The van der Waals surface area contributed by atoms with Gasteiger partial charge in [-0.3, -0.25) is 24.4 Å². The van der Waals surface area contributed by atoms with Crippen LogP contribution in [0.15, 0.2) is 4.99 Å². The lowest BCUT2D eigenvalue weighted by Crippen LogP contribution is -2.56. The first-order valence-electron chi connectivity index (χ1n) is 6.65. The molecule has 2 heterocycles. The van der Waals surface area contributed by atoms with Gasteiger partial charge < -0.3 is 10.6 Å². The van der Waals surface area contributed by atoms with Crippen molar-refractivity contribution in [2.75, 3.05) is 46.3 Å². The monoisotopic (exact) mass is 297 g/mol. The fraction of sp³-hybridized carbons (Fsp3) is 0.667. The molecular formula is C12H19N5O2S. The fourth-order valence-corrected chi connectivity index (χ4v) is 2.32. The summed E-state index contributed by atoms with van der Waals surface area (Å²) in [6.07, 6.45) is 1.43. The topological polar surface area (TPSA) is 77.0 Å². The van der Waals surface area contributed by atoms with E-state index in [0.717, 1.165) is 32.7 Å².